The van der Waals surface area contributed by atoms with Crippen molar-refractivity contribution in [2.45, 2.75) is 13.2 Å². The van der Waals surface area contributed by atoms with Gasteiger partial charge in [0.1, 0.15) is 5.82 Å². The number of hydrogen-bond acceptors (Lipinski definition) is 2. The Morgan fingerprint density at radius 3 is 2.48 bits per heavy atom. The lowest BCUT2D eigenvalue weighted by Crippen LogP contribution is -2.11. The molecular formula is C22H17F3N2O2. The second-order valence-electron chi connectivity index (χ2n) is 6.79. The Morgan fingerprint density at radius 1 is 1.00 bits per heavy atom. The Hall–Kier alpha value is -3.32. The quantitative estimate of drug-likeness (QED) is 0.503. The first-order valence-corrected chi connectivity index (χ1v) is 8.86. The Morgan fingerprint density at radius 2 is 1.76 bits per heavy atom. The van der Waals surface area contributed by atoms with Crippen molar-refractivity contribution in [1.29, 1.82) is 0 Å². The van der Waals surface area contributed by atoms with E-state index in [1.54, 1.807) is 29.9 Å². The van der Waals surface area contributed by atoms with E-state index < -0.39 is 23.4 Å². The van der Waals surface area contributed by atoms with Gasteiger partial charge in [-0.3, -0.25) is 4.79 Å². The van der Waals surface area contributed by atoms with Crippen molar-refractivity contribution in [1.82, 2.24) is 4.57 Å². The average molecular weight is 398 g/mol. The van der Waals surface area contributed by atoms with E-state index in [1.165, 1.54) is 0 Å². The molecule has 1 heterocycles. The number of carbonyl (C=O) groups excluding carboxylic acids is 1. The number of amides is 1. The predicted octanol–water partition coefficient (Wildman–Crippen LogP) is 4.51. The number of nitrogens with two attached hydrogens (primary N) is 1. The highest BCUT2D eigenvalue weighted by Gasteiger charge is 2.18. The standard InChI is InChI=1S/C22H17F3N2O2/c1-29-11-12-5-6-14-20(7-12)27(10-13-8-17(24)18(25)9-16(13)23)19-4-2-3-15(21(14)19)22(26)28/h2-9H,10-11H2,1H3,(H2,26,28). The number of ether oxygens (including phenoxy) is 1. The largest absolute Gasteiger partial charge is 0.380 e. The number of nitrogens with zero attached hydrogens (tertiary/aromatic N) is 1. The summed E-state index contributed by atoms with van der Waals surface area (Å²) in [5.74, 6) is -3.81. The first kappa shape index (κ1) is 19.0. The lowest BCUT2D eigenvalue weighted by atomic mass is 10.0. The van der Waals surface area contributed by atoms with E-state index >= 15 is 0 Å². The summed E-state index contributed by atoms with van der Waals surface area (Å²) >= 11 is 0. The van der Waals surface area contributed by atoms with E-state index in [0.717, 1.165) is 17.0 Å². The fourth-order valence-electron chi connectivity index (χ4n) is 3.68. The van der Waals surface area contributed by atoms with E-state index in [0.29, 0.717) is 34.7 Å². The predicted molar refractivity (Wildman–Crippen MR) is 104 cm³/mol. The van der Waals surface area contributed by atoms with Gasteiger partial charge in [-0.15, -0.1) is 0 Å². The molecule has 2 N–H and O–H groups in total. The van der Waals surface area contributed by atoms with E-state index in [9.17, 15) is 18.0 Å². The maximum atomic E-state index is 14.3. The summed E-state index contributed by atoms with van der Waals surface area (Å²) in [6, 6.07) is 12.0. The Bertz CT molecular complexity index is 1260. The smallest absolute Gasteiger partial charge is 0.249 e. The molecule has 0 saturated heterocycles. The molecule has 0 aliphatic rings. The molecule has 1 amide bonds. The van der Waals surface area contributed by atoms with E-state index in [2.05, 4.69) is 0 Å². The molecule has 1 aromatic heterocycles. The number of benzene rings is 3. The topological polar surface area (TPSA) is 57.2 Å². The van der Waals surface area contributed by atoms with E-state index in [4.69, 9.17) is 10.5 Å². The van der Waals surface area contributed by atoms with Gasteiger partial charge >= 0.3 is 0 Å². The van der Waals surface area contributed by atoms with Gasteiger partial charge in [-0.1, -0.05) is 18.2 Å². The van der Waals surface area contributed by atoms with Gasteiger partial charge < -0.3 is 15.0 Å². The summed E-state index contributed by atoms with van der Waals surface area (Å²) in [7, 11) is 1.57. The second kappa shape index (κ2) is 7.25. The minimum atomic E-state index is -1.24. The monoisotopic (exact) mass is 398 g/mol. The van der Waals surface area contributed by atoms with Crippen molar-refractivity contribution in [2.75, 3.05) is 7.11 Å². The first-order valence-electron chi connectivity index (χ1n) is 8.86. The molecule has 29 heavy (non-hydrogen) atoms. The normalized spacial score (nSPS) is 11.4. The first-order chi connectivity index (χ1) is 13.9. The van der Waals surface area contributed by atoms with Crippen LogP contribution in [0.4, 0.5) is 13.2 Å². The van der Waals surface area contributed by atoms with Crippen LogP contribution >= 0.6 is 0 Å². The van der Waals surface area contributed by atoms with Gasteiger partial charge in [0.25, 0.3) is 0 Å². The van der Waals surface area contributed by atoms with Crippen LogP contribution in [-0.2, 0) is 17.9 Å². The molecule has 0 radical (unpaired) electrons. The van der Waals surface area contributed by atoms with Gasteiger partial charge in [-0.2, -0.15) is 0 Å². The molecule has 4 nitrogen and oxygen atoms in total. The fourth-order valence-corrected chi connectivity index (χ4v) is 3.68. The number of rotatable bonds is 5. The number of aromatic nitrogens is 1. The lowest BCUT2D eigenvalue weighted by molar-refractivity contribution is 0.100. The molecule has 0 aliphatic heterocycles. The fraction of sp³-hybridized carbons (Fsp3) is 0.136. The number of halogens is 3. The summed E-state index contributed by atoms with van der Waals surface area (Å²) in [6.45, 7) is 0.307. The number of fused-ring (bicyclic) bond motifs is 3. The third-order valence-electron chi connectivity index (χ3n) is 4.95. The molecule has 3 aromatic carbocycles. The van der Waals surface area contributed by atoms with Gasteiger partial charge in [0.2, 0.25) is 5.91 Å². The van der Waals surface area contributed by atoms with Crippen LogP contribution in [0.2, 0.25) is 0 Å². The van der Waals surface area contributed by atoms with Gasteiger partial charge in [0.05, 0.1) is 18.7 Å². The molecule has 4 aromatic rings. The Labute approximate surface area is 164 Å². The van der Waals surface area contributed by atoms with Crippen LogP contribution in [-0.4, -0.2) is 17.6 Å². The van der Waals surface area contributed by atoms with Gasteiger partial charge in [0.15, 0.2) is 11.6 Å². The summed E-state index contributed by atoms with van der Waals surface area (Å²) in [5, 5.41) is 1.37. The zero-order valence-electron chi connectivity index (χ0n) is 15.5. The van der Waals surface area contributed by atoms with E-state index in [1.807, 2.05) is 18.2 Å². The van der Waals surface area contributed by atoms with Crippen LogP contribution in [0.25, 0.3) is 21.8 Å². The van der Waals surface area contributed by atoms with Crippen LogP contribution in [0, 0.1) is 17.5 Å². The van der Waals surface area contributed by atoms with Crippen molar-refractivity contribution in [3.05, 3.63) is 82.7 Å². The SMILES string of the molecule is COCc1ccc2c3c(C(N)=O)cccc3n(Cc3cc(F)c(F)cc3F)c2c1. The minimum absolute atomic E-state index is 0.00989. The molecule has 0 saturated carbocycles. The lowest BCUT2D eigenvalue weighted by Gasteiger charge is -2.10. The summed E-state index contributed by atoms with van der Waals surface area (Å²) in [5.41, 5.74) is 8.08. The Kier molecular flexibility index (Phi) is 4.76. The molecule has 148 valence electrons. The van der Waals surface area contributed by atoms with Gasteiger partial charge in [-0.05, 0) is 29.8 Å². The van der Waals surface area contributed by atoms with E-state index in [-0.39, 0.29) is 12.1 Å². The highest BCUT2D eigenvalue weighted by Crippen LogP contribution is 2.33. The maximum Gasteiger partial charge on any atom is 0.249 e. The third kappa shape index (κ3) is 3.23. The third-order valence-corrected chi connectivity index (χ3v) is 4.95. The summed E-state index contributed by atoms with van der Waals surface area (Å²) in [4.78, 5) is 12.0. The minimum Gasteiger partial charge on any atom is -0.380 e. The number of methoxy groups -OCH3 is 1. The number of primary amides is 1. The molecular weight excluding hydrogens is 381 g/mol. The van der Waals surface area contributed by atoms with Gasteiger partial charge in [0, 0.05) is 40.6 Å². The molecule has 4 rings (SSSR count). The number of hydrogen-bond donors (Lipinski definition) is 1. The van der Waals surface area contributed by atoms with Crippen molar-refractivity contribution < 1.29 is 22.7 Å². The molecule has 0 unspecified atom stereocenters. The summed E-state index contributed by atoms with van der Waals surface area (Å²) in [6.07, 6.45) is 0. The molecule has 0 spiro atoms. The Balaban J connectivity index is 2.02. The van der Waals surface area contributed by atoms with Crippen LogP contribution in [0.5, 0.6) is 0 Å². The van der Waals surface area contributed by atoms with Crippen molar-refractivity contribution in [2.24, 2.45) is 5.73 Å². The molecule has 0 bridgehead atoms. The van der Waals surface area contributed by atoms with Crippen LogP contribution in [0.15, 0.2) is 48.5 Å². The number of carbonyl (C=O) groups is 1. The summed E-state index contributed by atoms with van der Waals surface area (Å²) < 4.78 is 48.3. The van der Waals surface area contributed by atoms with Crippen molar-refractivity contribution in [3.8, 4) is 0 Å². The highest BCUT2D eigenvalue weighted by molar-refractivity contribution is 6.17. The second-order valence-corrected chi connectivity index (χ2v) is 6.79. The van der Waals surface area contributed by atoms with Crippen LogP contribution in [0.1, 0.15) is 21.5 Å². The molecule has 7 heteroatoms. The van der Waals surface area contributed by atoms with Crippen molar-refractivity contribution >= 4 is 27.7 Å². The zero-order valence-corrected chi connectivity index (χ0v) is 15.5. The molecule has 0 atom stereocenters. The molecule has 0 fully saturated rings. The van der Waals surface area contributed by atoms with Gasteiger partial charge in [-0.25, -0.2) is 13.2 Å². The molecule has 0 aliphatic carbocycles. The van der Waals surface area contributed by atoms with Crippen molar-refractivity contribution in [3.63, 3.8) is 0 Å². The average Bonchev–Trinajstić information content (AvgIpc) is 2.99. The van der Waals surface area contributed by atoms with Crippen LogP contribution < -0.4 is 5.73 Å². The highest BCUT2D eigenvalue weighted by atomic mass is 19.2. The van der Waals surface area contributed by atoms with Crippen LogP contribution in [0.3, 0.4) is 0 Å². The zero-order chi connectivity index (χ0) is 20.7. The maximum absolute atomic E-state index is 14.3.